The van der Waals surface area contributed by atoms with Gasteiger partial charge in [-0.3, -0.25) is 4.68 Å². The molecular weight excluding hydrogens is 277 g/mol. The molecule has 0 fully saturated rings. The Kier molecular flexibility index (Phi) is 3.76. The minimum atomic E-state index is -0.257. The van der Waals surface area contributed by atoms with Crippen LogP contribution in [-0.4, -0.2) is 9.78 Å². The summed E-state index contributed by atoms with van der Waals surface area (Å²) < 4.78 is 15.7. The van der Waals surface area contributed by atoms with Crippen LogP contribution in [0.5, 0.6) is 0 Å². The van der Waals surface area contributed by atoms with E-state index in [9.17, 15) is 4.39 Å². The highest BCUT2D eigenvalue weighted by molar-refractivity contribution is 6.30. The van der Waals surface area contributed by atoms with Gasteiger partial charge in [-0.2, -0.15) is 5.10 Å². The first-order chi connectivity index (χ1) is 9.65. The number of halogens is 2. The number of aryl methyl sites for hydroxylation is 1. The zero-order valence-electron chi connectivity index (χ0n) is 11.4. The fraction of sp³-hybridized carbons (Fsp3) is 0.400. The van der Waals surface area contributed by atoms with E-state index in [0.717, 1.165) is 19.3 Å². The smallest absolute Gasteiger partial charge is 0.129 e. The van der Waals surface area contributed by atoms with E-state index < -0.39 is 0 Å². The molecule has 3 nitrogen and oxygen atoms in total. The van der Waals surface area contributed by atoms with Gasteiger partial charge in [0.1, 0.15) is 5.82 Å². The average Bonchev–Trinajstić information content (AvgIpc) is 2.80. The van der Waals surface area contributed by atoms with Gasteiger partial charge in [0.2, 0.25) is 0 Å². The molecule has 0 saturated heterocycles. The summed E-state index contributed by atoms with van der Waals surface area (Å²) in [7, 11) is 1.97. The summed E-state index contributed by atoms with van der Waals surface area (Å²) in [5.74, 6) is -0.257. The van der Waals surface area contributed by atoms with E-state index in [4.69, 9.17) is 11.6 Å². The maximum Gasteiger partial charge on any atom is 0.129 e. The molecule has 0 radical (unpaired) electrons. The quantitative estimate of drug-likeness (QED) is 0.940. The molecule has 1 N–H and O–H groups in total. The first-order valence-electron chi connectivity index (χ1n) is 6.83. The van der Waals surface area contributed by atoms with Crippen molar-refractivity contribution in [1.29, 1.82) is 0 Å². The van der Waals surface area contributed by atoms with Crippen LogP contribution in [0.3, 0.4) is 0 Å². The van der Waals surface area contributed by atoms with Crippen molar-refractivity contribution >= 4 is 11.6 Å². The molecule has 1 unspecified atom stereocenters. The molecule has 0 aliphatic heterocycles. The molecule has 1 aliphatic carbocycles. The Balaban J connectivity index is 1.73. The number of nitrogens with one attached hydrogen (secondary N) is 1. The summed E-state index contributed by atoms with van der Waals surface area (Å²) in [6, 6.07) is 5.06. The van der Waals surface area contributed by atoms with Crippen molar-refractivity contribution in [2.75, 3.05) is 0 Å². The van der Waals surface area contributed by atoms with Gasteiger partial charge in [-0.1, -0.05) is 17.7 Å². The van der Waals surface area contributed by atoms with Gasteiger partial charge in [-0.15, -0.1) is 0 Å². The second-order valence-electron chi connectivity index (χ2n) is 5.23. The first-order valence-corrected chi connectivity index (χ1v) is 7.21. The number of fused-ring (bicyclic) bond motifs is 1. The third-order valence-electron chi connectivity index (χ3n) is 3.93. The monoisotopic (exact) mass is 293 g/mol. The van der Waals surface area contributed by atoms with Crippen molar-refractivity contribution < 1.29 is 4.39 Å². The van der Waals surface area contributed by atoms with Crippen molar-refractivity contribution in [1.82, 2.24) is 15.1 Å². The van der Waals surface area contributed by atoms with E-state index >= 15 is 0 Å². The van der Waals surface area contributed by atoms with E-state index in [1.54, 1.807) is 12.1 Å². The Hall–Kier alpha value is -1.39. The molecule has 5 heteroatoms. The molecule has 20 heavy (non-hydrogen) atoms. The molecule has 2 aromatic rings. The van der Waals surface area contributed by atoms with Crippen LogP contribution in [0.15, 0.2) is 24.4 Å². The fourth-order valence-corrected chi connectivity index (χ4v) is 2.98. The molecule has 1 aliphatic rings. The normalized spacial score (nSPS) is 18.1. The zero-order chi connectivity index (χ0) is 14.1. The topological polar surface area (TPSA) is 29.9 Å². The number of benzene rings is 1. The van der Waals surface area contributed by atoms with Crippen molar-refractivity contribution in [2.24, 2.45) is 7.05 Å². The lowest BCUT2D eigenvalue weighted by Gasteiger charge is -2.24. The Morgan fingerprint density at radius 1 is 1.50 bits per heavy atom. The fourth-order valence-electron chi connectivity index (χ4n) is 2.82. The minimum Gasteiger partial charge on any atom is -0.306 e. The van der Waals surface area contributed by atoms with E-state index in [-0.39, 0.29) is 11.9 Å². The lowest BCUT2D eigenvalue weighted by molar-refractivity contribution is 0.446. The third kappa shape index (κ3) is 2.58. The number of aromatic nitrogens is 2. The van der Waals surface area contributed by atoms with E-state index in [0.29, 0.717) is 17.1 Å². The van der Waals surface area contributed by atoms with Crippen LogP contribution in [-0.2, 0) is 20.0 Å². The number of nitrogens with zero attached hydrogens (tertiary/aromatic N) is 2. The molecule has 1 aromatic carbocycles. The minimum absolute atomic E-state index is 0.252. The predicted molar refractivity (Wildman–Crippen MR) is 77.1 cm³/mol. The predicted octanol–water partition coefficient (Wildman–Crippen LogP) is 3.38. The summed E-state index contributed by atoms with van der Waals surface area (Å²) in [5, 5.41) is 8.18. The summed E-state index contributed by atoms with van der Waals surface area (Å²) >= 11 is 5.76. The molecule has 3 rings (SSSR count). The van der Waals surface area contributed by atoms with E-state index in [1.165, 1.54) is 17.3 Å². The van der Waals surface area contributed by atoms with Gasteiger partial charge < -0.3 is 5.32 Å². The van der Waals surface area contributed by atoms with E-state index in [1.807, 2.05) is 17.9 Å². The van der Waals surface area contributed by atoms with Crippen LogP contribution >= 0.6 is 11.6 Å². The molecule has 1 aromatic heterocycles. The lowest BCUT2D eigenvalue weighted by atomic mass is 9.93. The van der Waals surface area contributed by atoms with Gasteiger partial charge in [0, 0.05) is 41.5 Å². The van der Waals surface area contributed by atoms with Crippen molar-refractivity contribution in [3.63, 3.8) is 0 Å². The Bertz CT molecular complexity index is 624. The number of hydrogen-bond donors (Lipinski definition) is 1. The summed E-state index contributed by atoms with van der Waals surface area (Å²) in [6.07, 6.45) is 5.19. The highest BCUT2D eigenvalue weighted by Gasteiger charge is 2.23. The molecule has 0 saturated carbocycles. The Labute approximate surface area is 122 Å². The van der Waals surface area contributed by atoms with Gasteiger partial charge in [-0.25, -0.2) is 4.39 Å². The highest BCUT2D eigenvalue weighted by atomic mass is 35.5. The third-order valence-corrected chi connectivity index (χ3v) is 4.16. The van der Waals surface area contributed by atoms with Crippen LogP contribution in [0.1, 0.15) is 35.7 Å². The second-order valence-corrected chi connectivity index (χ2v) is 5.67. The molecular formula is C15H17ClFN3. The largest absolute Gasteiger partial charge is 0.306 e. The van der Waals surface area contributed by atoms with Gasteiger partial charge in [0.05, 0.1) is 6.20 Å². The van der Waals surface area contributed by atoms with E-state index in [2.05, 4.69) is 10.4 Å². The number of rotatable bonds is 3. The zero-order valence-corrected chi connectivity index (χ0v) is 12.1. The molecule has 0 bridgehead atoms. The summed E-state index contributed by atoms with van der Waals surface area (Å²) in [5.41, 5.74) is 3.17. The van der Waals surface area contributed by atoms with Crippen LogP contribution in [0, 0.1) is 5.82 Å². The van der Waals surface area contributed by atoms with Crippen molar-refractivity contribution in [3.8, 4) is 0 Å². The van der Waals surface area contributed by atoms with Crippen molar-refractivity contribution in [2.45, 2.75) is 31.8 Å². The summed E-state index contributed by atoms with van der Waals surface area (Å²) in [4.78, 5) is 0. The summed E-state index contributed by atoms with van der Waals surface area (Å²) in [6.45, 7) is 0.502. The molecule has 1 atom stereocenters. The SMILES string of the molecule is Cn1ncc2c1CCCC2NCc1ccc(Cl)cc1F. The maximum absolute atomic E-state index is 13.8. The van der Waals surface area contributed by atoms with Gasteiger partial charge in [0.25, 0.3) is 0 Å². The van der Waals surface area contributed by atoms with Crippen LogP contribution < -0.4 is 5.32 Å². The van der Waals surface area contributed by atoms with Crippen LogP contribution in [0.2, 0.25) is 5.02 Å². The molecule has 0 spiro atoms. The van der Waals surface area contributed by atoms with Crippen LogP contribution in [0.25, 0.3) is 0 Å². The maximum atomic E-state index is 13.8. The first kappa shape index (κ1) is 13.6. The van der Waals surface area contributed by atoms with Gasteiger partial charge in [-0.05, 0) is 31.4 Å². The highest BCUT2D eigenvalue weighted by Crippen LogP contribution is 2.29. The van der Waals surface area contributed by atoms with Crippen LogP contribution in [0.4, 0.5) is 4.39 Å². The molecule has 0 amide bonds. The molecule has 106 valence electrons. The Morgan fingerprint density at radius 3 is 3.15 bits per heavy atom. The second kappa shape index (κ2) is 5.54. The number of hydrogen-bond acceptors (Lipinski definition) is 2. The van der Waals surface area contributed by atoms with Crippen molar-refractivity contribution in [3.05, 3.63) is 52.1 Å². The van der Waals surface area contributed by atoms with Gasteiger partial charge in [0.15, 0.2) is 0 Å². The molecule has 1 heterocycles. The Morgan fingerprint density at radius 2 is 2.35 bits per heavy atom. The average molecular weight is 294 g/mol. The van der Waals surface area contributed by atoms with Gasteiger partial charge >= 0.3 is 0 Å². The standard InChI is InChI=1S/C15H17ClFN3/c1-20-15-4-2-3-14(12(15)9-19-20)18-8-10-5-6-11(16)7-13(10)17/h5-7,9,14,18H,2-4,8H2,1H3. The lowest BCUT2D eigenvalue weighted by Crippen LogP contribution is -2.25.